The van der Waals surface area contributed by atoms with Gasteiger partial charge < -0.3 is 21.1 Å². The number of nitrogens with one attached hydrogen (secondary N) is 1. The molecule has 2 rings (SSSR count). The van der Waals surface area contributed by atoms with Crippen LogP contribution in [-0.4, -0.2) is 34.5 Å². The van der Waals surface area contributed by atoms with Crippen LogP contribution in [0.5, 0.6) is 0 Å². The van der Waals surface area contributed by atoms with Gasteiger partial charge in [-0.1, -0.05) is 60.7 Å². The van der Waals surface area contributed by atoms with Gasteiger partial charge in [-0.05, 0) is 43.4 Å². The van der Waals surface area contributed by atoms with Gasteiger partial charge in [0.15, 0.2) is 11.9 Å². The number of hydrogen-bond donors (Lipinski definition) is 4. The number of aryl methyl sites for hydroxylation is 1. The second kappa shape index (κ2) is 12.4. The lowest BCUT2D eigenvalue weighted by atomic mass is 10.1. The van der Waals surface area contributed by atoms with Gasteiger partial charge in [0.2, 0.25) is 5.91 Å². The lowest BCUT2D eigenvalue weighted by molar-refractivity contribution is -0.145. The Hall–Kier alpha value is -2.51. The van der Waals surface area contributed by atoms with Crippen LogP contribution in [0.1, 0.15) is 42.6 Å². The number of carbonyl (C=O) groups is 2. The van der Waals surface area contributed by atoms with Crippen molar-refractivity contribution >= 4 is 19.5 Å². The van der Waals surface area contributed by atoms with Crippen LogP contribution in [0, 0.1) is 0 Å². The first kappa shape index (κ1) is 24.8. The molecule has 9 heteroatoms. The van der Waals surface area contributed by atoms with Crippen molar-refractivity contribution in [1.29, 1.82) is 0 Å². The summed E-state index contributed by atoms with van der Waals surface area (Å²) >= 11 is 0. The largest absolute Gasteiger partial charge is 0.479 e. The number of unbranched alkanes of at least 4 members (excludes halogenated alkanes) is 1. The topological polar surface area (TPSA) is 139 Å². The number of aliphatic carboxylic acids is 1. The van der Waals surface area contributed by atoms with Crippen molar-refractivity contribution in [2.75, 3.05) is 6.54 Å². The maximum absolute atomic E-state index is 13.1. The molecule has 3 atom stereocenters. The van der Waals surface area contributed by atoms with E-state index in [0.717, 1.165) is 5.56 Å². The zero-order chi connectivity index (χ0) is 22.7. The Bertz CT molecular complexity index is 878. The third-order valence-electron chi connectivity index (χ3n) is 4.70. The molecular weight excluding hydrogens is 419 g/mol. The molecular formula is C22H29N2O6P. The second-order valence-electron chi connectivity index (χ2n) is 7.15. The van der Waals surface area contributed by atoms with Gasteiger partial charge in [0, 0.05) is 6.42 Å². The summed E-state index contributed by atoms with van der Waals surface area (Å²) in [6, 6.07) is 17.6. The second-order valence-corrected chi connectivity index (χ2v) is 9.00. The molecule has 0 aromatic heterocycles. The summed E-state index contributed by atoms with van der Waals surface area (Å²) in [5, 5.41) is 12.0. The van der Waals surface area contributed by atoms with Gasteiger partial charge in [0.05, 0.1) is 0 Å². The molecule has 0 saturated carbocycles. The van der Waals surface area contributed by atoms with Crippen molar-refractivity contribution < 1.29 is 28.7 Å². The normalized spacial score (nSPS) is 14.9. The molecule has 5 N–H and O–H groups in total. The van der Waals surface area contributed by atoms with Crippen LogP contribution in [0.4, 0.5) is 0 Å². The molecule has 2 aromatic rings. The van der Waals surface area contributed by atoms with Gasteiger partial charge in [-0.25, -0.2) is 4.79 Å². The molecule has 8 nitrogen and oxygen atoms in total. The Labute approximate surface area is 182 Å². The van der Waals surface area contributed by atoms with Crippen LogP contribution >= 0.6 is 7.60 Å². The monoisotopic (exact) mass is 448 g/mol. The third-order valence-corrected chi connectivity index (χ3v) is 6.33. The highest BCUT2D eigenvalue weighted by molar-refractivity contribution is 7.53. The molecule has 0 fully saturated rings. The lowest BCUT2D eigenvalue weighted by Crippen LogP contribution is -2.31. The van der Waals surface area contributed by atoms with Crippen molar-refractivity contribution in [2.45, 2.75) is 44.0 Å². The minimum absolute atomic E-state index is 0.0422. The fourth-order valence-electron chi connectivity index (χ4n) is 3.05. The summed E-state index contributed by atoms with van der Waals surface area (Å²) in [5.41, 5.74) is 6.74. The predicted molar refractivity (Wildman–Crippen MR) is 117 cm³/mol. The van der Waals surface area contributed by atoms with Crippen LogP contribution < -0.4 is 11.1 Å². The van der Waals surface area contributed by atoms with E-state index in [1.807, 2.05) is 30.3 Å². The van der Waals surface area contributed by atoms with Crippen molar-refractivity contribution in [3.63, 3.8) is 0 Å². The molecule has 31 heavy (non-hydrogen) atoms. The number of carboxylic acid groups (broad SMARTS) is 1. The Morgan fingerprint density at radius 3 is 2.23 bits per heavy atom. The molecule has 0 radical (unpaired) electrons. The molecule has 0 heterocycles. The fourth-order valence-corrected chi connectivity index (χ4v) is 4.59. The molecule has 0 aliphatic heterocycles. The quantitative estimate of drug-likeness (QED) is 0.273. The number of carboxylic acids is 1. The van der Waals surface area contributed by atoms with Gasteiger partial charge in [-0.2, -0.15) is 0 Å². The van der Waals surface area contributed by atoms with Crippen molar-refractivity contribution in [1.82, 2.24) is 5.32 Å². The first-order chi connectivity index (χ1) is 14.8. The van der Waals surface area contributed by atoms with E-state index >= 15 is 0 Å². The maximum atomic E-state index is 13.1. The summed E-state index contributed by atoms with van der Waals surface area (Å²) in [5.74, 6) is -3.16. The fraction of sp³-hybridized carbons (Fsp3) is 0.364. The van der Waals surface area contributed by atoms with E-state index in [1.165, 1.54) is 0 Å². The van der Waals surface area contributed by atoms with Gasteiger partial charge in [0.1, 0.15) is 0 Å². The van der Waals surface area contributed by atoms with E-state index in [2.05, 4.69) is 5.32 Å². The number of benzene rings is 2. The summed E-state index contributed by atoms with van der Waals surface area (Å²) in [6.45, 7) is 0.382. The van der Waals surface area contributed by atoms with E-state index in [9.17, 15) is 24.2 Å². The average Bonchev–Trinajstić information content (AvgIpc) is 2.76. The zero-order valence-electron chi connectivity index (χ0n) is 17.2. The third kappa shape index (κ3) is 8.26. The molecule has 2 aromatic carbocycles. The summed E-state index contributed by atoms with van der Waals surface area (Å²) < 4.78 is 18.3. The van der Waals surface area contributed by atoms with Crippen LogP contribution in [0.2, 0.25) is 0 Å². The van der Waals surface area contributed by atoms with Crippen LogP contribution in [0.3, 0.4) is 0 Å². The van der Waals surface area contributed by atoms with Crippen LogP contribution in [0.25, 0.3) is 0 Å². The number of carbonyl (C=O) groups excluding carboxylic acids is 1. The van der Waals surface area contributed by atoms with Crippen LogP contribution in [-0.2, 0) is 25.1 Å². The minimum Gasteiger partial charge on any atom is -0.479 e. The summed E-state index contributed by atoms with van der Waals surface area (Å²) in [4.78, 5) is 34.8. The van der Waals surface area contributed by atoms with Gasteiger partial charge >= 0.3 is 13.6 Å². The lowest BCUT2D eigenvalue weighted by Gasteiger charge is -2.26. The molecule has 1 amide bonds. The van der Waals surface area contributed by atoms with Gasteiger partial charge in [0.25, 0.3) is 0 Å². The van der Waals surface area contributed by atoms with Crippen LogP contribution in [0.15, 0.2) is 60.7 Å². The van der Waals surface area contributed by atoms with E-state index in [4.69, 9.17) is 10.3 Å². The number of hydrogen-bond acceptors (Lipinski definition) is 5. The maximum Gasteiger partial charge on any atom is 0.355 e. The molecule has 0 bridgehead atoms. The standard InChI is InChI=1S/C22H29N2O6P/c23-16-8-7-13-19(22(26)27)30-31(28,29)21(18-11-5-2-6-12-18)24-20(25)15-14-17-9-3-1-4-10-17/h1-6,9-12,19,21H,7-8,13-16,23H2,(H,24,25)(H,26,27)(H,28,29)/t19?,21-/m0/s1. The number of amides is 1. The molecule has 0 aliphatic rings. The molecule has 0 saturated heterocycles. The Balaban J connectivity index is 2.14. The van der Waals surface area contributed by atoms with E-state index in [-0.39, 0.29) is 12.8 Å². The summed E-state index contributed by atoms with van der Waals surface area (Å²) in [6.07, 6.45) is 0.137. The first-order valence-corrected chi connectivity index (χ1v) is 11.8. The number of nitrogens with two attached hydrogens (primary N) is 1. The molecule has 0 spiro atoms. The smallest absolute Gasteiger partial charge is 0.355 e. The van der Waals surface area contributed by atoms with Crippen molar-refractivity contribution in [2.24, 2.45) is 5.73 Å². The highest BCUT2D eigenvalue weighted by atomic mass is 31.2. The van der Waals surface area contributed by atoms with Gasteiger partial charge in [-0.15, -0.1) is 0 Å². The predicted octanol–water partition coefficient (Wildman–Crippen LogP) is 3.22. The summed E-state index contributed by atoms with van der Waals surface area (Å²) in [7, 11) is -4.58. The van der Waals surface area contributed by atoms with E-state index < -0.39 is 31.4 Å². The zero-order valence-corrected chi connectivity index (χ0v) is 18.1. The highest BCUT2D eigenvalue weighted by Crippen LogP contribution is 2.56. The molecule has 2 unspecified atom stereocenters. The van der Waals surface area contributed by atoms with E-state index in [0.29, 0.717) is 31.4 Å². The van der Waals surface area contributed by atoms with Gasteiger partial charge in [-0.3, -0.25) is 13.9 Å². The Morgan fingerprint density at radius 2 is 1.65 bits per heavy atom. The van der Waals surface area contributed by atoms with Crippen molar-refractivity contribution in [3.8, 4) is 0 Å². The Morgan fingerprint density at radius 1 is 1.03 bits per heavy atom. The molecule has 0 aliphatic carbocycles. The van der Waals surface area contributed by atoms with E-state index in [1.54, 1.807) is 30.3 Å². The average molecular weight is 448 g/mol. The molecule has 168 valence electrons. The SMILES string of the molecule is NCCCCC(OP(=O)(O)[C@H](NC(=O)CCc1ccccc1)c1ccccc1)C(=O)O. The Kier molecular flexibility index (Phi) is 9.88. The number of rotatable bonds is 13. The minimum atomic E-state index is -4.58. The first-order valence-electron chi connectivity index (χ1n) is 10.2. The highest BCUT2D eigenvalue weighted by Gasteiger charge is 2.39. The van der Waals surface area contributed by atoms with Crippen molar-refractivity contribution in [3.05, 3.63) is 71.8 Å².